The number of carboxylic acids is 1. The topological polar surface area (TPSA) is 101 Å². The van der Waals surface area contributed by atoms with Crippen molar-refractivity contribution < 1.29 is 28.2 Å². The molecule has 2 aromatic carbocycles. The highest BCUT2D eigenvalue weighted by molar-refractivity contribution is 7.81. The van der Waals surface area contributed by atoms with Gasteiger partial charge in [0.25, 0.3) is 0 Å². The Morgan fingerprint density at radius 3 is 2.38 bits per heavy atom. The first kappa shape index (κ1) is 14.9. The second kappa shape index (κ2) is 5.90. The van der Waals surface area contributed by atoms with Crippen LogP contribution in [0.25, 0.3) is 0 Å². The average Bonchev–Trinajstić information content (AvgIpc) is 2.38. The molecular formula is C13H9FNO5S-. The number of carboxylic acid groups (broad SMARTS) is 1. The number of anilines is 2. The molecule has 1 unspecified atom stereocenters. The number of carbonyl (C=O) groups is 1. The van der Waals surface area contributed by atoms with Crippen molar-refractivity contribution in [2.45, 2.75) is 0 Å². The summed E-state index contributed by atoms with van der Waals surface area (Å²) in [7, 11) is 0. The van der Waals surface area contributed by atoms with Crippen LogP contribution < -0.4 is 4.31 Å². The maximum Gasteiger partial charge on any atom is 0.339 e. The second-order valence-corrected chi connectivity index (χ2v) is 4.80. The Morgan fingerprint density at radius 2 is 1.86 bits per heavy atom. The van der Waals surface area contributed by atoms with Crippen molar-refractivity contribution >= 4 is 28.6 Å². The summed E-state index contributed by atoms with van der Waals surface area (Å²) in [5.41, 5.74) is -0.364. The minimum atomic E-state index is -2.78. The third-order valence-corrected chi connectivity index (χ3v) is 3.36. The molecule has 1 atom stereocenters. The molecule has 0 bridgehead atoms. The Bertz CT molecular complexity index is 721. The van der Waals surface area contributed by atoms with Crippen molar-refractivity contribution in [2.24, 2.45) is 0 Å². The summed E-state index contributed by atoms with van der Waals surface area (Å²) in [6.45, 7) is 0. The fraction of sp³-hybridized carbons (Fsp3) is 0. The number of rotatable bonds is 4. The van der Waals surface area contributed by atoms with Gasteiger partial charge in [-0.25, -0.2) is 9.18 Å². The van der Waals surface area contributed by atoms with E-state index in [0.717, 1.165) is 28.6 Å². The van der Waals surface area contributed by atoms with Crippen LogP contribution in [0.1, 0.15) is 10.4 Å². The van der Waals surface area contributed by atoms with E-state index in [9.17, 15) is 23.1 Å². The van der Waals surface area contributed by atoms with Gasteiger partial charge in [0.05, 0.1) is 22.6 Å². The monoisotopic (exact) mass is 310 g/mol. The van der Waals surface area contributed by atoms with Crippen LogP contribution in [0.5, 0.6) is 5.75 Å². The lowest BCUT2D eigenvalue weighted by Crippen LogP contribution is -2.19. The molecule has 0 saturated heterocycles. The summed E-state index contributed by atoms with van der Waals surface area (Å²) < 4.78 is 36.6. The minimum Gasteiger partial charge on any atom is -0.755 e. The van der Waals surface area contributed by atoms with Crippen molar-refractivity contribution in [3.63, 3.8) is 0 Å². The zero-order valence-corrected chi connectivity index (χ0v) is 11.2. The van der Waals surface area contributed by atoms with E-state index in [-0.39, 0.29) is 16.9 Å². The van der Waals surface area contributed by atoms with Gasteiger partial charge in [0.2, 0.25) is 0 Å². The Kier molecular flexibility index (Phi) is 4.20. The van der Waals surface area contributed by atoms with Crippen molar-refractivity contribution in [3.8, 4) is 5.75 Å². The van der Waals surface area contributed by atoms with E-state index in [1.54, 1.807) is 0 Å². The molecule has 0 aromatic heterocycles. The molecule has 0 aliphatic heterocycles. The maximum atomic E-state index is 13.2. The molecule has 0 fully saturated rings. The quantitative estimate of drug-likeness (QED) is 0.843. The highest BCUT2D eigenvalue weighted by Crippen LogP contribution is 2.31. The van der Waals surface area contributed by atoms with Crippen molar-refractivity contribution in [2.75, 3.05) is 4.31 Å². The Balaban J connectivity index is 2.51. The summed E-state index contributed by atoms with van der Waals surface area (Å²) in [5, 5.41) is 18.4. The lowest BCUT2D eigenvalue weighted by atomic mass is 10.1. The number of phenols is 1. The van der Waals surface area contributed by atoms with Crippen LogP contribution in [-0.2, 0) is 11.3 Å². The molecule has 0 saturated carbocycles. The molecule has 2 rings (SSSR count). The Labute approximate surface area is 121 Å². The van der Waals surface area contributed by atoms with E-state index in [2.05, 4.69) is 0 Å². The van der Waals surface area contributed by atoms with Gasteiger partial charge >= 0.3 is 5.97 Å². The van der Waals surface area contributed by atoms with Crippen LogP contribution in [0.3, 0.4) is 0 Å². The number of benzene rings is 2. The lowest BCUT2D eigenvalue weighted by molar-refractivity contribution is 0.0694. The van der Waals surface area contributed by atoms with Crippen LogP contribution in [0.2, 0.25) is 0 Å². The molecule has 0 radical (unpaired) electrons. The molecule has 21 heavy (non-hydrogen) atoms. The fourth-order valence-electron chi connectivity index (χ4n) is 1.75. The highest BCUT2D eigenvalue weighted by atomic mass is 32.2. The zero-order chi connectivity index (χ0) is 15.6. The van der Waals surface area contributed by atoms with E-state index < -0.39 is 28.8 Å². The average molecular weight is 310 g/mol. The van der Waals surface area contributed by atoms with E-state index in [1.165, 1.54) is 18.2 Å². The minimum absolute atomic E-state index is 0.0172. The van der Waals surface area contributed by atoms with Gasteiger partial charge in [0.1, 0.15) is 17.1 Å². The first-order valence-electron chi connectivity index (χ1n) is 5.61. The predicted octanol–water partition coefficient (Wildman–Crippen LogP) is 2.16. The third-order valence-electron chi connectivity index (χ3n) is 2.64. The van der Waals surface area contributed by atoms with Gasteiger partial charge in [0, 0.05) is 6.07 Å². The Morgan fingerprint density at radius 1 is 1.19 bits per heavy atom. The van der Waals surface area contributed by atoms with Gasteiger partial charge in [-0.15, -0.1) is 0 Å². The van der Waals surface area contributed by atoms with Gasteiger partial charge in [-0.2, -0.15) is 0 Å². The molecule has 0 heterocycles. The number of halogens is 1. The normalized spacial score (nSPS) is 11.9. The molecule has 6 nitrogen and oxygen atoms in total. The standard InChI is InChI=1S/C13H10FNO5S/c14-8-2-1-3-9(6-8)15(21(19)20)10-4-5-11(13(17)18)12(16)7-10/h1-7,16H,(H,17,18)(H,19,20)/p-1. The van der Waals surface area contributed by atoms with Crippen LogP contribution in [0.4, 0.5) is 15.8 Å². The summed E-state index contributed by atoms with van der Waals surface area (Å²) in [4.78, 5) is 10.8. The number of hydrogen-bond acceptors (Lipinski definition) is 4. The fourth-order valence-corrected chi connectivity index (χ4v) is 2.32. The molecule has 0 spiro atoms. The largest absolute Gasteiger partial charge is 0.755 e. The number of aromatic carboxylic acids is 1. The zero-order valence-electron chi connectivity index (χ0n) is 10.4. The van der Waals surface area contributed by atoms with E-state index in [1.807, 2.05) is 0 Å². The molecule has 0 amide bonds. The molecule has 0 aliphatic carbocycles. The van der Waals surface area contributed by atoms with Gasteiger partial charge in [-0.05, 0) is 30.3 Å². The maximum absolute atomic E-state index is 13.2. The molecule has 8 heteroatoms. The van der Waals surface area contributed by atoms with Crippen LogP contribution in [0.15, 0.2) is 42.5 Å². The summed E-state index contributed by atoms with van der Waals surface area (Å²) in [6.07, 6.45) is 0. The number of nitrogens with zero attached hydrogens (tertiary/aromatic N) is 1. The number of hydrogen-bond donors (Lipinski definition) is 2. The van der Waals surface area contributed by atoms with Gasteiger partial charge < -0.3 is 14.8 Å². The summed E-state index contributed by atoms with van der Waals surface area (Å²) in [5.74, 6) is -2.57. The summed E-state index contributed by atoms with van der Waals surface area (Å²) in [6, 6.07) is 8.08. The van der Waals surface area contributed by atoms with Crippen LogP contribution in [-0.4, -0.2) is 24.9 Å². The lowest BCUT2D eigenvalue weighted by Gasteiger charge is -2.26. The van der Waals surface area contributed by atoms with E-state index in [4.69, 9.17) is 5.11 Å². The molecule has 2 aromatic rings. The van der Waals surface area contributed by atoms with Gasteiger partial charge in [-0.1, -0.05) is 6.07 Å². The predicted molar refractivity (Wildman–Crippen MR) is 72.5 cm³/mol. The molecule has 2 N–H and O–H groups in total. The third kappa shape index (κ3) is 3.18. The summed E-state index contributed by atoms with van der Waals surface area (Å²) >= 11 is -2.78. The van der Waals surface area contributed by atoms with Gasteiger partial charge in [0.15, 0.2) is 0 Å². The van der Waals surface area contributed by atoms with Crippen LogP contribution in [0, 0.1) is 5.82 Å². The first-order valence-corrected chi connectivity index (χ1v) is 6.64. The Hall–Kier alpha value is -2.45. The van der Waals surface area contributed by atoms with Gasteiger partial charge in [-0.3, -0.25) is 8.51 Å². The SMILES string of the molecule is O=C(O)c1ccc(N(c2cccc(F)c2)S(=O)[O-])cc1O. The smallest absolute Gasteiger partial charge is 0.339 e. The van der Waals surface area contributed by atoms with Crippen molar-refractivity contribution in [1.82, 2.24) is 0 Å². The molecule has 110 valence electrons. The van der Waals surface area contributed by atoms with Crippen molar-refractivity contribution in [3.05, 3.63) is 53.8 Å². The highest BCUT2D eigenvalue weighted by Gasteiger charge is 2.15. The van der Waals surface area contributed by atoms with E-state index in [0.29, 0.717) is 0 Å². The van der Waals surface area contributed by atoms with Crippen molar-refractivity contribution in [1.29, 1.82) is 0 Å². The van der Waals surface area contributed by atoms with E-state index >= 15 is 0 Å². The van der Waals surface area contributed by atoms with Crippen LogP contribution >= 0.6 is 0 Å². The number of aromatic hydroxyl groups is 1. The first-order chi connectivity index (χ1) is 9.90. The molecule has 0 aliphatic rings. The second-order valence-electron chi connectivity index (χ2n) is 4.00. The molecular weight excluding hydrogens is 301 g/mol.